The van der Waals surface area contributed by atoms with Crippen LogP contribution >= 0.6 is 11.3 Å². The highest BCUT2D eigenvalue weighted by atomic mass is 32.1. The molecule has 4 rings (SSSR count). The molecule has 2 aromatic carbocycles. The van der Waals surface area contributed by atoms with Gasteiger partial charge in [-0.05, 0) is 11.6 Å². The Morgan fingerprint density at radius 1 is 1.20 bits per heavy atom. The van der Waals surface area contributed by atoms with Crippen molar-refractivity contribution in [3.63, 3.8) is 0 Å². The van der Waals surface area contributed by atoms with E-state index in [9.17, 15) is 14.9 Å². The predicted molar refractivity (Wildman–Crippen MR) is 114 cm³/mol. The molecule has 0 spiro atoms. The van der Waals surface area contributed by atoms with Gasteiger partial charge in [-0.2, -0.15) is 0 Å². The van der Waals surface area contributed by atoms with Gasteiger partial charge in [-0.15, -0.1) is 11.3 Å². The average Bonchev–Trinajstić information content (AvgIpc) is 3.14. The van der Waals surface area contributed by atoms with Crippen LogP contribution in [-0.4, -0.2) is 33.9 Å². The quantitative estimate of drug-likeness (QED) is 0.459. The van der Waals surface area contributed by atoms with Crippen LogP contribution in [0, 0.1) is 10.1 Å². The second-order valence-corrected chi connectivity index (χ2v) is 7.98. The number of carbonyl (C=O) groups excluding carboxylic acids is 1. The van der Waals surface area contributed by atoms with Gasteiger partial charge in [-0.1, -0.05) is 42.5 Å². The Bertz CT molecular complexity index is 1050. The van der Waals surface area contributed by atoms with Crippen molar-refractivity contribution in [2.24, 2.45) is 0 Å². The molecular formula is C21H20N4O4S. The molecule has 0 unspecified atom stereocenters. The summed E-state index contributed by atoms with van der Waals surface area (Å²) in [6, 6.07) is 16.3. The van der Waals surface area contributed by atoms with Gasteiger partial charge in [-0.3, -0.25) is 25.1 Å². The Kier molecular flexibility index (Phi) is 6.01. The highest BCUT2D eigenvalue weighted by Crippen LogP contribution is 2.29. The molecule has 30 heavy (non-hydrogen) atoms. The van der Waals surface area contributed by atoms with Gasteiger partial charge in [0.1, 0.15) is 0 Å². The van der Waals surface area contributed by atoms with Crippen molar-refractivity contribution in [2.75, 3.05) is 18.5 Å². The van der Waals surface area contributed by atoms with E-state index in [1.807, 2.05) is 18.2 Å². The molecule has 1 aliphatic heterocycles. The topological polar surface area (TPSA) is 97.6 Å². The molecule has 0 bridgehead atoms. The normalized spacial score (nSPS) is 13.5. The maximum Gasteiger partial charge on any atom is 0.310 e. The van der Waals surface area contributed by atoms with Gasteiger partial charge in [-0.25, -0.2) is 4.98 Å². The van der Waals surface area contributed by atoms with Gasteiger partial charge < -0.3 is 4.74 Å². The summed E-state index contributed by atoms with van der Waals surface area (Å²) in [5, 5.41) is 14.3. The number of aromatic nitrogens is 1. The Hall–Kier alpha value is -3.30. The standard InChI is InChI=1S/C21H20N4O4S/c26-20(14-29-18-9-5-4-8-17(18)25(27)28)23-21-22-16-10-11-24(13-19(16)30-21)12-15-6-2-1-3-7-15/h1-9H,10-14H2,(H,22,23,26). The number of para-hydroxylation sites is 2. The number of nitrogens with zero attached hydrogens (tertiary/aromatic N) is 3. The average molecular weight is 424 g/mol. The van der Waals surface area contributed by atoms with Crippen molar-refractivity contribution in [1.82, 2.24) is 9.88 Å². The van der Waals surface area contributed by atoms with E-state index in [1.54, 1.807) is 12.1 Å². The minimum atomic E-state index is -0.538. The molecule has 0 atom stereocenters. The predicted octanol–water partition coefficient (Wildman–Crippen LogP) is 3.63. The molecule has 154 valence electrons. The summed E-state index contributed by atoms with van der Waals surface area (Å²) in [7, 11) is 0. The molecule has 3 aromatic rings. The summed E-state index contributed by atoms with van der Waals surface area (Å²) in [6.45, 7) is 2.27. The van der Waals surface area contributed by atoms with E-state index in [-0.39, 0.29) is 18.0 Å². The van der Waals surface area contributed by atoms with Crippen LogP contribution in [0.1, 0.15) is 16.1 Å². The van der Waals surface area contributed by atoms with E-state index in [2.05, 4.69) is 27.3 Å². The Labute approximate surface area is 177 Å². The fourth-order valence-electron chi connectivity index (χ4n) is 3.31. The van der Waals surface area contributed by atoms with Crippen LogP contribution in [-0.2, 0) is 24.3 Å². The van der Waals surface area contributed by atoms with Gasteiger partial charge in [0.15, 0.2) is 17.5 Å². The molecule has 0 saturated carbocycles. The number of nitro groups is 1. The Balaban J connectivity index is 1.33. The third-order valence-corrected chi connectivity index (χ3v) is 5.72. The molecular weight excluding hydrogens is 404 g/mol. The van der Waals surface area contributed by atoms with E-state index in [0.717, 1.165) is 36.6 Å². The van der Waals surface area contributed by atoms with Crippen LogP contribution in [0.25, 0.3) is 0 Å². The maximum absolute atomic E-state index is 12.2. The lowest BCUT2D eigenvalue weighted by molar-refractivity contribution is -0.385. The van der Waals surface area contributed by atoms with Gasteiger partial charge >= 0.3 is 5.69 Å². The zero-order chi connectivity index (χ0) is 20.9. The number of amides is 1. The lowest BCUT2D eigenvalue weighted by Crippen LogP contribution is -2.29. The zero-order valence-electron chi connectivity index (χ0n) is 16.1. The molecule has 0 fully saturated rings. The van der Waals surface area contributed by atoms with Crippen molar-refractivity contribution in [3.8, 4) is 5.75 Å². The van der Waals surface area contributed by atoms with E-state index in [1.165, 1.54) is 29.0 Å². The first kappa shape index (κ1) is 20.0. The van der Waals surface area contributed by atoms with Crippen molar-refractivity contribution in [2.45, 2.75) is 19.5 Å². The molecule has 2 heterocycles. The monoisotopic (exact) mass is 424 g/mol. The molecule has 1 N–H and O–H groups in total. The van der Waals surface area contributed by atoms with Gasteiger partial charge in [0.25, 0.3) is 5.91 Å². The maximum atomic E-state index is 12.2. The molecule has 1 aromatic heterocycles. The van der Waals surface area contributed by atoms with Crippen molar-refractivity contribution in [1.29, 1.82) is 0 Å². The van der Waals surface area contributed by atoms with Crippen LogP contribution < -0.4 is 10.1 Å². The number of ether oxygens (including phenoxy) is 1. The number of fused-ring (bicyclic) bond motifs is 1. The number of hydrogen-bond acceptors (Lipinski definition) is 7. The number of hydrogen-bond donors (Lipinski definition) is 1. The zero-order valence-corrected chi connectivity index (χ0v) is 16.9. The van der Waals surface area contributed by atoms with Crippen LogP contribution in [0.3, 0.4) is 0 Å². The second kappa shape index (κ2) is 9.02. The summed E-state index contributed by atoms with van der Waals surface area (Å²) in [4.78, 5) is 30.8. The molecule has 9 heteroatoms. The third kappa shape index (κ3) is 4.81. The highest BCUT2D eigenvalue weighted by molar-refractivity contribution is 7.15. The van der Waals surface area contributed by atoms with Gasteiger partial charge in [0, 0.05) is 37.0 Å². The third-order valence-electron chi connectivity index (χ3n) is 4.73. The van der Waals surface area contributed by atoms with Crippen molar-refractivity contribution >= 4 is 28.1 Å². The van der Waals surface area contributed by atoms with Crippen molar-refractivity contribution < 1.29 is 14.5 Å². The fraction of sp³-hybridized carbons (Fsp3) is 0.238. The smallest absolute Gasteiger partial charge is 0.310 e. The largest absolute Gasteiger partial charge is 0.477 e. The molecule has 0 saturated heterocycles. The van der Waals surface area contributed by atoms with E-state index in [4.69, 9.17) is 4.74 Å². The summed E-state index contributed by atoms with van der Waals surface area (Å²) in [5.41, 5.74) is 2.11. The SMILES string of the molecule is O=C(COc1ccccc1[N+](=O)[O-])Nc1nc2c(s1)CN(Cc1ccccc1)CC2. The first-order chi connectivity index (χ1) is 14.6. The Morgan fingerprint density at radius 2 is 1.97 bits per heavy atom. The van der Waals surface area contributed by atoms with Crippen LogP contribution in [0.2, 0.25) is 0 Å². The van der Waals surface area contributed by atoms with Crippen LogP contribution in [0.5, 0.6) is 5.75 Å². The lowest BCUT2D eigenvalue weighted by Gasteiger charge is -2.25. The van der Waals surface area contributed by atoms with Crippen LogP contribution in [0.4, 0.5) is 10.8 Å². The number of anilines is 1. The molecule has 1 aliphatic rings. The second-order valence-electron chi connectivity index (χ2n) is 6.90. The first-order valence-electron chi connectivity index (χ1n) is 9.49. The minimum Gasteiger partial charge on any atom is -0.477 e. The molecule has 8 nitrogen and oxygen atoms in total. The molecule has 1 amide bonds. The van der Waals surface area contributed by atoms with Crippen molar-refractivity contribution in [3.05, 3.63) is 80.8 Å². The Morgan fingerprint density at radius 3 is 2.77 bits per heavy atom. The van der Waals surface area contributed by atoms with E-state index in [0.29, 0.717) is 5.13 Å². The number of benzene rings is 2. The summed E-state index contributed by atoms with van der Waals surface area (Å²) >= 11 is 1.46. The van der Waals surface area contributed by atoms with E-state index >= 15 is 0 Å². The number of rotatable bonds is 7. The fourth-order valence-corrected chi connectivity index (χ4v) is 4.37. The van der Waals surface area contributed by atoms with Gasteiger partial charge in [0.2, 0.25) is 0 Å². The number of nitrogens with one attached hydrogen (secondary N) is 1. The highest BCUT2D eigenvalue weighted by Gasteiger charge is 2.22. The first-order valence-corrected chi connectivity index (χ1v) is 10.3. The summed E-state index contributed by atoms with van der Waals surface area (Å²) in [5.74, 6) is -0.340. The number of thiazole rings is 1. The molecule has 0 aliphatic carbocycles. The van der Waals surface area contributed by atoms with E-state index < -0.39 is 10.8 Å². The van der Waals surface area contributed by atoms with Gasteiger partial charge in [0.05, 0.1) is 10.6 Å². The van der Waals surface area contributed by atoms with Crippen LogP contribution in [0.15, 0.2) is 54.6 Å². The lowest BCUT2D eigenvalue weighted by atomic mass is 10.1. The number of nitro benzene ring substituents is 1. The summed E-state index contributed by atoms with van der Waals surface area (Å²) < 4.78 is 5.33. The minimum absolute atomic E-state index is 0.0626. The number of carbonyl (C=O) groups is 1. The molecule has 0 radical (unpaired) electrons. The summed E-state index contributed by atoms with van der Waals surface area (Å²) in [6.07, 6.45) is 0.835.